The first-order chi connectivity index (χ1) is 13.1. The Balaban J connectivity index is 0.00000150. The zero-order chi connectivity index (χ0) is 18.9. The van der Waals surface area contributed by atoms with Gasteiger partial charge < -0.3 is 15.5 Å². The fourth-order valence-corrected chi connectivity index (χ4v) is 4.90. The molecule has 162 valence electrons. The minimum Gasteiger partial charge on any atom is -0.351 e. The minimum atomic E-state index is -0.0235. The second kappa shape index (κ2) is 10.1. The summed E-state index contributed by atoms with van der Waals surface area (Å²) in [7, 11) is 2.07. The molecule has 3 saturated heterocycles. The van der Waals surface area contributed by atoms with Crippen LogP contribution in [0.5, 0.6) is 0 Å². The lowest BCUT2D eigenvalue weighted by molar-refractivity contribution is -0.125. The van der Waals surface area contributed by atoms with E-state index in [1.165, 1.54) is 0 Å². The fraction of sp³-hybridized carbons (Fsp3) is 0.619. The maximum absolute atomic E-state index is 12.8. The molecule has 0 saturated carbocycles. The van der Waals surface area contributed by atoms with Gasteiger partial charge in [-0.1, -0.05) is 12.1 Å². The number of halogens is 2. The Bertz CT molecular complexity index is 707. The molecule has 29 heavy (non-hydrogen) atoms. The highest BCUT2D eigenvalue weighted by molar-refractivity contribution is 5.95. The van der Waals surface area contributed by atoms with Crippen LogP contribution in [-0.4, -0.2) is 56.0 Å². The third-order valence-corrected chi connectivity index (χ3v) is 6.50. The molecule has 3 heterocycles. The molecule has 6 nitrogen and oxygen atoms in total. The number of hydrogen-bond acceptors (Lipinski definition) is 4. The Morgan fingerprint density at radius 3 is 2.52 bits per heavy atom. The lowest BCUT2D eigenvalue weighted by Crippen LogP contribution is -2.41. The highest BCUT2D eigenvalue weighted by atomic mass is 35.5. The molecule has 1 atom stereocenters. The number of piperidine rings is 1. The normalized spacial score (nSPS) is 23.6. The number of anilines is 1. The third kappa shape index (κ3) is 5.23. The van der Waals surface area contributed by atoms with Gasteiger partial charge in [0, 0.05) is 31.7 Å². The summed E-state index contributed by atoms with van der Waals surface area (Å²) < 4.78 is 0. The molecule has 0 aromatic heterocycles. The number of amides is 2. The Morgan fingerprint density at radius 1 is 1.21 bits per heavy atom. The van der Waals surface area contributed by atoms with E-state index in [2.05, 4.69) is 22.6 Å². The molecule has 3 aliphatic rings. The van der Waals surface area contributed by atoms with Gasteiger partial charge in [0.1, 0.15) is 0 Å². The van der Waals surface area contributed by atoms with Crippen LogP contribution in [0.25, 0.3) is 0 Å². The summed E-state index contributed by atoms with van der Waals surface area (Å²) >= 11 is 0. The molecule has 2 N–H and O–H groups in total. The number of nitrogens with zero attached hydrogens (tertiary/aromatic N) is 2. The average Bonchev–Trinajstić information content (AvgIpc) is 3.24. The minimum absolute atomic E-state index is 0. The maximum atomic E-state index is 12.8. The predicted octanol–water partition coefficient (Wildman–Crippen LogP) is 2.35. The second-order valence-corrected chi connectivity index (χ2v) is 8.42. The van der Waals surface area contributed by atoms with Crippen molar-refractivity contribution in [1.29, 1.82) is 0 Å². The summed E-state index contributed by atoms with van der Waals surface area (Å²) in [5.74, 6) is 0.332. The molecular weight excluding hydrogens is 411 g/mol. The van der Waals surface area contributed by atoms with Crippen LogP contribution < -0.4 is 15.5 Å². The van der Waals surface area contributed by atoms with Crippen molar-refractivity contribution in [3.05, 3.63) is 29.8 Å². The van der Waals surface area contributed by atoms with Crippen LogP contribution in [0.2, 0.25) is 0 Å². The Hall–Kier alpha value is -1.34. The maximum Gasteiger partial charge on any atom is 0.237 e. The van der Waals surface area contributed by atoms with E-state index in [1.54, 1.807) is 0 Å². The highest BCUT2D eigenvalue weighted by Gasteiger charge is 2.45. The molecular formula is C21H32Cl2N4O2. The number of nitrogens with one attached hydrogen (secondary N) is 2. The van der Waals surface area contributed by atoms with Crippen molar-refractivity contribution >= 4 is 42.3 Å². The smallest absolute Gasteiger partial charge is 0.237 e. The van der Waals surface area contributed by atoms with Crippen LogP contribution in [0.1, 0.15) is 37.7 Å². The van der Waals surface area contributed by atoms with Crippen LogP contribution in [-0.2, 0) is 16.1 Å². The molecule has 0 aliphatic carbocycles. The molecule has 1 unspecified atom stereocenters. The van der Waals surface area contributed by atoms with E-state index in [4.69, 9.17) is 0 Å². The molecule has 1 spiro atoms. The molecule has 2 amide bonds. The van der Waals surface area contributed by atoms with E-state index >= 15 is 0 Å². The number of likely N-dealkylation sites (tertiary alicyclic amines) is 1. The van der Waals surface area contributed by atoms with Gasteiger partial charge in [0.05, 0.1) is 6.04 Å². The van der Waals surface area contributed by atoms with Crippen molar-refractivity contribution in [2.24, 2.45) is 5.41 Å². The molecule has 3 aliphatic heterocycles. The van der Waals surface area contributed by atoms with E-state index in [9.17, 15) is 9.59 Å². The number of carbonyl (C=O) groups is 2. The van der Waals surface area contributed by atoms with Crippen molar-refractivity contribution in [2.45, 2.75) is 44.7 Å². The van der Waals surface area contributed by atoms with Crippen molar-refractivity contribution in [3.63, 3.8) is 0 Å². The largest absolute Gasteiger partial charge is 0.351 e. The van der Waals surface area contributed by atoms with Crippen LogP contribution in [0.15, 0.2) is 24.3 Å². The molecule has 0 bridgehead atoms. The van der Waals surface area contributed by atoms with Gasteiger partial charge in [-0.15, -0.1) is 24.8 Å². The zero-order valence-electron chi connectivity index (χ0n) is 17.0. The first kappa shape index (κ1) is 23.9. The van der Waals surface area contributed by atoms with Gasteiger partial charge in [0.25, 0.3) is 0 Å². The standard InChI is InChI=1S/C21H30N4O2.2ClH/c1-24-15-21(8-10-22-11-9-21)13-18(24)20(27)23-14-16-4-6-17(7-5-16)25-12-2-3-19(25)26;;/h4-7,18,22H,2-3,8-15H2,1H3,(H,23,27);2*1H. The third-order valence-electron chi connectivity index (χ3n) is 6.50. The SMILES string of the molecule is CN1CC2(CCNCC2)CC1C(=O)NCc1ccc(N2CCCC2=O)cc1.Cl.Cl. The molecule has 1 aromatic rings. The average molecular weight is 443 g/mol. The summed E-state index contributed by atoms with van der Waals surface area (Å²) in [5, 5.41) is 6.54. The Kier molecular flexibility index (Phi) is 8.35. The molecule has 4 rings (SSSR count). The number of hydrogen-bond donors (Lipinski definition) is 2. The lowest BCUT2D eigenvalue weighted by atomic mass is 9.77. The summed E-state index contributed by atoms with van der Waals surface area (Å²) in [4.78, 5) is 28.7. The van der Waals surface area contributed by atoms with Crippen molar-refractivity contribution < 1.29 is 9.59 Å². The van der Waals surface area contributed by atoms with Crippen LogP contribution in [0.3, 0.4) is 0 Å². The van der Waals surface area contributed by atoms with Crippen molar-refractivity contribution in [3.8, 4) is 0 Å². The van der Waals surface area contributed by atoms with E-state index in [1.807, 2.05) is 29.2 Å². The summed E-state index contributed by atoms with van der Waals surface area (Å²) in [6.45, 7) is 4.49. The number of likely N-dealkylation sites (N-methyl/N-ethyl adjacent to an activating group) is 1. The first-order valence-corrected chi connectivity index (χ1v) is 10.1. The quantitative estimate of drug-likeness (QED) is 0.750. The van der Waals surface area contributed by atoms with E-state index in [0.717, 1.165) is 63.1 Å². The van der Waals surface area contributed by atoms with Crippen LogP contribution >= 0.6 is 24.8 Å². The second-order valence-electron chi connectivity index (χ2n) is 8.42. The number of benzene rings is 1. The predicted molar refractivity (Wildman–Crippen MR) is 120 cm³/mol. The fourth-order valence-electron chi connectivity index (χ4n) is 4.90. The topological polar surface area (TPSA) is 64.7 Å². The molecule has 1 aromatic carbocycles. The monoisotopic (exact) mass is 442 g/mol. The van der Waals surface area contributed by atoms with E-state index < -0.39 is 0 Å². The van der Waals surface area contributed by atoms with Gasteiger partial charge >= 0.3 is 0 Å². The summed E-state index contributed by atoms with van der Waals surface area (Å²) in [6.07, 6.45) is 4.87. The highest BCUT2D eigenvalue weighted by Crippen LogP contribution is 2.41. The van der Waals surface area contributed by atoms with Gasteiger partial charge in [0.15, 0.2) is 0 Å². The molecule has 8 heteroatoms. The van der Waals surface area contributed by atoms with E-state index in [0.29, 0.717) is 18.4 Å². The van der Waals surface area contributed by atoms with Crippen LogP contribution in [0, 0.1) is 5.41 Å². The Morgan fingerprint density at radius 2 is 1.90 bits per heavy atom. The summed E-state index contributed by atoms with van der Waals surface area (Å²) in [5.41, 5.74) is 2.33. The first-order valence-electron chi connectivity index (χ1n) is 10.1. The zero-order valence-corrected chi connectivity index (χ0v) is 18.6. The van der Waals surface area contributed by atoms with Crippen LogP contribution in [0.4, 0.5) is 5.69 Å². The van der Waals surface area contributed by atoms with Gasteiger partial charge in [-0.2, -0.15) is 0 Å². The van der Waals surface area contributed by atoms with Gasteiger partial charge in [-0.3, -0.25) is 14.5 Å². The van der Waals surface area contributed by atoms with Gasteiger partial charge in [-0.05, 0) is 68.9 Å². The molecule has 0 radical (unpaired) electrons. The van der Waals surface area contributed by atoms with Crippen molar-refractivity contribution in [1.82, 2.24) is 15.5 Å². The van der Waals surface area contributed by atoms with Gasteiger partial charge in [0.2, 0.25) is 11.8 Å². The Labute approximate surface area is 185 Å². The van der Waals surface area contributed by atoms with E-state index in [-0.39, 0.29) is 42.7 Å². The lowest BCUT2D eigenvalue weighted by Gasteiger charge is -2.33. The van der Waals surface area contributed by atoms with Gasteiger partial charge in [-0.25, -0.2) is 0 Å². The molecule has 3 fully saturated rings. The summed E-state index contributed by atoms with van der Waals surface area (Å²) in [6, 6.07) is 7.96. The number of carbonyl (C=O) groups excluding carboxylic acids is 2. The van der Waals surface area contributed by atoms with Crippen molar-refractivity contribution in [2.75, 3.05) is 38.1 Å². The number of rotatable bonds is 4.